The van der Waals surface area contributed by atoms with Crippen molar-refractivity contribution in [1.29, 1.82) is 0 Å². The van der Waals surface area contributed by atoms with Gasteiger partial charge in [-0.05, 0) is 19.8 Å². The highest BCUT2D eigenvalue weighted by Gasteiger charge is 2.32. The number of aryl methyl sites for hydroxylation is 1. The number of nitrogens with zero attached hydrogens (tertiary/aromatic N) is 3. The number of carbonyl (C=O) groups is 1. The number of aromatic nitrogens is 4. The molecular weight excluding hydrogens is 286 g/mol. The summed E-state index contributed by atoms with van der Waals surface area (Å²) in [6, 6.07) is 0. The Balaban J connectivity index is 1.60. The van der Waals surface area contributed by atoms with Crippen molar-refractivity contribution in [2.45, 2.75) is 38.6 Å². The largest absolute Gasteiger partial charge is 0.384 e. The first-order valence-corrected chi connectivity index (χ1v) is 7.32. The lowest BCUT2D eigenvalue weighted by atomic mass is 10.1. The van der Waals surface area contributed by atoms with E-state index in [1.54, 1.807) is 7.11 Å². The number of rotatable bonds is 7. The van der Waals surface area contributed by atoms with Gasteiger partial charge in [0, 0.05) is 25.1 Å². The molecule has 2 aromatic rings. The van der Waals surface area contributed by atoms with Gasteiger partial charge in [0.05, 0.1) is 24.4 Å². The van der Waals surface area contributed by atoms with Crippen molar-refractivity contribution >= 4 is 5.91 Å². The number of ether oxygens (including phenoxy) is 1. The van der Waals surface area contributed by atoms with Crippen LogP contribution >= 0.6 is 0 Å². The SMILES string of the molecule is COCCc1noc(CNC(=O)c2c(C3CC3)n[nH]c2C)n1. The van der Waals surface area contributed by atoms with Crippen LogP contribution < -0.4 is 5.32 Å². The first-order valence-electron chi connectivity index (χ1n) is 7.32. The van der Waals surface area contributed by atoms with E-state index in [9.17, 15) is 4.79 Å². The minimum atomic E-state index is -0.162. The van der Waals surface area contributed by atoms with Crippen LogP contribution in [-0.2, 0) is 17.7 Å². The Bertz CT molecular complexity index is 659. The van der Waals surface area contributed by atoms with Crippen molar-refractivity contribution < 1.29 is 14.1 Å². The molecule has 1 saturated carbocycles. The lowest BCUT2D eigenvalue weighted by Crippen LogP contribution is -2.24. The molecule has 2 N–H and O–H groups in total. The highest BCUT2D eigenvalue weighted by atomic mass is 16.5. The molecule has 1 aliphatic carbocycles. The van der Waals surface area contributed by atoms with Crippen LogP contribution in [0.2, 0.25) is 0 Å². The molecular formula is C14H19N5O3. The summed E-state index contributed by atoms with van der Waals surface area (Å²) >= 11 is 0. The molecule has 0 spiro atoms. The van der Waals surface area contributed by atoms with Crippen LogP contribution in [0.15, 0.2) is 4.52 Å². The number of hydrogen-bond donors (Lipinski definition) is 2. The first-order chi connectivity index (χ1) is 10.7. The molecule has 22 heavy (non-hydrogen) atoms. The van der Waals surface area contributed by atoms with Crippen molar-refractivity contribution in [2.75, 3.05) is 13.7 Å². The van der Waals surface area contributed by atoms with E-state index in [2.05, 4.69) is 25.7 Å². The molecule has 118 valence electrons. The molecule has 8 nitrogen and oxygen atoms in total. The molecule has 3 rings (SSSR count). The third kappa shape index (κ3) is 3.16. The fourth-order valence-electron chi connectivity index (χ4n) is 2.29. The monoisotopic (exact) mass is 305 g/mol. The molecule has 0 aromatic carbocycles. The van der Waals surface area contributed by atoms with Gasteiger partial charge >= 0.3 is 0 Å². The summed E-state index contributed by atoms with van der Waals surface area (Å²) < 4.78 is 10.0. The Hall–Kier alpha value is -2.22. The number of hydrogen-bond acceptors (Lipinski definition) is 6. The second-order valence-corrected chi connectivity index (χ2v) is 5.41. The highest BCUT2D eigenvalue weighted by Crippen LogP contribution is 2.41. The van der Waals surface area contributed by atoms with Gasteiger partial charge in [-0.25, -0.2) is 0 Å². The lowest BCUT2D eigenvalue weighted by molar-refractivity contribution is 0.0944. The van der Waals surface area contributed by atoms with Crippen LogP contribution in [0.3, 0.4) is 0 Å². The summed E-state index contributed by atoms with van der Waals surface area (Å²) in [5.41, 5.74) is 2.29. The second kappa shape index (κ2) is 6.27. The van der Waals surface area contributed by atoms with Crippen LogP contribution in [0.1, 0.15) is 52.2 Å². The van der Waals surface area contributed by atoms with Crippen LogP contribution in [0.4, 0.5) is 0 Å². The number of amides is 1. The topological polar surface area (TPSA) is 106 Å². The van der Waals surface area contributed by atoms with E-state index in [-0.39, 0.29) is 12.5 Å². The van der Waals surface area contributed by atoms with Crippen LogP contribution in [0.25, 0.3) is 0 Å². The number of aromatic amines is 1. The van der Waals surface area contributed by atoms with Crippen LogP contribution in [-0.4, -0.2) is 40.0 Å². The second-order valence-electron chi connectivity index (χ2n) is 5.41. The van der Waals surface area contributed by atoms with E-state index in [4.69, 9.17) is 9.26 Å². The summed E-state index contributed by atoms with van der Waals surface area (Å²) in [4.78, 5) is 16.5. The Morgan fingerprint density at radius 3 is 3.05 bits per heavy atom. The molecule has 0 saturated heterocycles. The van der Waals surface area contributed by atoms with Crippen molar-refractivity contribution in [3.63, 3.8) is 0 Å². The van der Waals surface area contributed by atoms with Gasteiger partial charge in [0.15, 0.2) is 5.82 Å². The molecule has 1 fully saturated rings. The average molecular weight is 305 g/mol. The predicted octanol–water partition coefficient (Wildman–Crippen LogP) is 1.10. The number of H-pyrrole nitrogens is 1. The van der Waals surface area contributed by atoms with E-state index in [1.165, 1.54) is 0 Å². The van der Waals surface area contributed by atoms with Gasteiger partial charge in [-0.2, -0.15) is 10.1 Å². The summed E-state index contributed by atoms with van der Waals surface area (Å²) in [5.74, 6) is 1.21. The van der Waals surface area contributed by atoms with Crippen molar-refractivity contribution in [2.24, 2.45) is 0 Å². The standard InChI is InChI=1S/C14H19N5O3/c1-8-12(13(18-17-8)9-3-4-9)14(20)15-7-11-16-10(19-22-11)5-6-21-2/h9H,3-7H2,1-2H3,(H,15,20)(H,17,18). The summed E-state index contributed by atoms with van der Waals surface area (Å²) in [5, 5.41) is 13.8. The van der Waals surface area contributed by atoms with Gasteiger partial charge in [-0.3, -0.25) is 9.89 Å². The molecule has 1 aliphatic rings. The molecule has 0 radical (unpaired) electrons. The zero-order valence-corrected chi connectivity index (χ0v) is 12.7. The van der Waals surface area contributed by atoms with Gasteiger partial charge in [-0.1, -0.05) is 5.16 Å². The van der Waals surface area contributed by atoms with Gasteiger partial charge in [-0.15, -0.1) is 0 Å². The molecule has 0 atom stereocenters. The Kier molecular flexibility index (Phi) is 4.19. The van der Waals surface area contributed by atoms with Crippen molar-refractivity contribution in [3.8, 4) is 0 Å². The van der Waals surface area contributed by atoms with E-state index in [0.717, 1.165) is 24.2 Å². The molecule has 1 amide bonds. The maximum atomic E-state index is 12.4. The fraction of sp³-hybridized carbons (Fsp3) is 0.571. The van der Waals surface area contributed by atoms with E-state index >= 15 is 0 Å². The normalized spacial score (nSPS) is 14.3. The predicted molar refractivity (Wildman–Crippen MR) is 76.3 cm³/mol. The third-order valence-corrected chi connectivity index (χ3v) is 3.61. The minimum absolute atomic E-state index is 0.162. The quantitative estimate of drug-likeness (QED) is 0.793. The Morgan fingerprint density at radius 1 is 1.50 bits per heavy atom. The zero-order chi connectivity index (χ0) is 15.5. The van der Waals surface area contributed by atoms with E-state index in [0.29, 0.717) is 36.2 Å². The number of nitrogens with one attached hydrogen (secondary N) is 2. The first kappa shape index (κ1) is 14.7. The maximum absolute atomic E-state index is 12.4. The van der Waals surface area contributed by atoms with Crippen LogP contribution in [0.5, 0.6) is 0 Å². The molecule has 8 heteroatoms. The molecule has 2 heterocycles. The molecule has 0 bridgehead atoms. The van der Waals surface area contributed by atoms with E-state index < -0.39 is 0 Å². The number of methoxy groups -OCH3 is 1. The van der Waals surface area contributed by atoms with Gasteiger partial charge in [0.25, 0.3) is 5.91 Å². The molecule has 0 unspecified atom stereocenters. The lowest BCUT2D eigenvalue weighted by Gasteiger charge is -2.03. The van der Waals surface area contributed by atoms with Crippen LogP contribution in [0, 0.1) is 6.92 Å². The van der Waals surface area contributed by atoms with Crippen molar-refractivity contribution in [1.82, 2.24) is 25.7 Å². The number of carbonyl (C=O) groups excluding carboxylic acids is 1. The zero-order valence-electron chi connectivity index (χ0n) is 12.7. The molecule has 2 aromatic heterocycles. The van der Waals surface area contributed by atoms with Gasteiger partial charge in [0.2, 0.25) is 5.89 Å². The van der Waals surface area contributed by atoms with Crippen molar-refractivity contribution in [3.05, 3.63) is 28.7 Å². The maximum Gasteiger partial charge on any atom is 0.255 e. The molecule has 0 aliphatic heterocycles. The summed E-state index contributed by atoms with van der Waals surface area (Å²) in [6.07, 6.45) is 2.77. The van der Waals surface area contributed by atoms with Gasteiger partial charge in [0.1, 0.15) is 0 Å². The fourth-order valence-corrected chi connectivity index (χ4v) is 2.29. The summed E-state index contributed by atoms with van der Waals surface area (Å²) in [7, 11) is 1.62. The van der Waals surface area contributed by atoms with Gasteiger partial charge < -0.3 is 14.6 Å². The minimum Gasteiger partial charge on any atom is -0.384 e. The summed E-state index contributed by atoms with van der Waals surface area (Å²) in [6.45, 7) is 2.58. The Morgan fingerprint density at radius 2 is 2.32 bits per heavy atom. The Labute approximate surface area is 127 Å². The third-order valence-electron chi connectivity index (χ3n) is 3.61. The highest BCUT2D eigenvalue weighted by molar-refractivity contribution is 5.96. The smallest absolute Gasteiger partial charge is 0.255 e. The average Bonchev–Trinajstić information content (AvgIpc) is 3.13. The van der Waals surface area contributed by atoms with E-state index in [1.807, 2.05) is 6.92 Å².